The van der Waals surface area contributed by atoms with Gasteiger partial charge in [-0.05, 0) is 104 Å². The Bertz CT molecular complexity index is 3250. The molecule has 5 atom stereocenters. The number of benzene rings is 3. The summed E-state index contributed by atoms with van der Waals surface area (Å²) in [5.41, 5.74) is 11.7. The molecule has 86 heavy (non-hydrogen) atoms. The molecule has 5 amide bonds. The lowest BCUT2D eigenvalue weighted by molar-refractivity contribution is -0.147. The monoisotopic (exact) mass is 1190 g/mol. The van der Waals surface area contributed by atoms with Gasteiger partial charge in [-0.25, -0.2) is 9.37 Å². The van der Waals surface area contributed by atoms with E-state index in [9.17, 15) is 33.6 Å². The second-order valence-electron chi connectivity index (χ2n) is 22.8. The number of halogens is 1. The van der Waals surface area contributed by atoms with E-state index in [4.69, 9.17) is 34.2 Å². The van der Waals surface area contributed by atoms with Crippen molar-refractivity contribution in [2.24, 2.45) is 5.41 Å². The van der Waals surface area contributed by atoms with E-state index >= 15 is 0 Å². The molecule has 23 heteroatoms. The molecule has 0 saturated heterocycles. The molecule has 3 aliphatic rings. The SMILES string of the molecule is CN[C@H](C)C(=O)N[C@@H](C(=O)N1Cc2cc(OCCOCCOCCOCCOCCC(=O)NCCn3nc(C#N)c4c3CN(C)C(=O)c3ccc(F)cc3[C@@H](C)Oc3cc-4cnc3N)ccc2C[C@@H]1C(=O)N[C@H]1CCCc2ccccc21)C(C)(C)C. The highest BCUT2D eigenvalue weighted by Crippen LogP contribution is 2.37. The fourth-order valence-corrected chi connectivity index (χ4v) is 10.8. The quantitative estimate of drug-likeness (QED) is 0.0451. The summed E-state index contributed by atoms with van der Waals surface area (Å²) in [5.74, 6) is -1.19. The van der Waals surface area contributed by atoms with Gasteiger partial charge in [0, 0.05) is 61.4 Å². The van der Waals surface area contributed by atoms with E-state index in [1.807, 2.05) is 51.1 Å². The fraction of sp³-hybridized carbons (Fsp3) is 0.492. The number of carbonyl (C=O) groups excluding carboxylic acids is 5. The summed E-state index contributed by atoms with van der Waals surface area (Å²) in [4.78, 5) is 76.3. The van der Waals surface area contributed by atoms with E-state index in [-0.39, 0.29) is 105 Å². The topological polar surface area (TPSA) is 276 Å². The molecule has 0 unspecified atom stereocenters. The molecule has 0 radical (unpaired) electrons. The van der Waals surface area contributed by atoms with E-state index in [0.717, 1.165) is 36.0 Å². The van der Waals surface area contributed by atoms with Gasteiger partial charge in [0.1, 0.15) is 42.4 Å². The number of rotatable bonds is 25. The number of nitriles is 1. The number of ether oxygens (including phenoxy) is 6. The van der Waals surface area contributed by atoms with Crippen LogP contribution in [0.4, 0.5) is 10.2 Å². The number of nitrogens with zero attached hydrogens (tertiary/aromatic N) is 6. The van der Waals surface area contributed by atoms with Gasteiger partial charge in [-0.2, -0.15) is 10.4 Å². The molecule has 5 aromatic rings. The summed E-state index contributed by atoms with van der Waals surface area (Å²) in [6, 6.07) is 19.2. The van der Waals surface area contributed by atoms with Crippen LogP contribution >= 0.6 is 0 Å². The first-order valence-corrected chi connectivity index (χ1v) is 29.3. The number of amides is 5. The van der Waals surface area contributed by atoms with Crippen molar-refractivity contribution in [3.8, 4) is 28.7 Å². The minimum atomic E-state index is -0.897. The zero-order chi connectivity index (χ0) is 61.5. The van der Waals surface area contributed by atoms with Crippen LogP contribution in [-0.2, 0) is 70.6 Å². The average molecular weight is 1190 g/mol. The zero-order valence-electron chi connectivity index (χ0n) is 50.2. The minimum absolute atomic E-state index is 0.0212. The molecule has 460 valence electrons. The van der Waals surface area contributed by atoms with Crippen molar-refractivity contribution in [3.63, 3.8) is 0 Å². The summed E-state index contributed by atoms with van der Waals surface area (Å²) >= 11 is 0. The Balaban J connectivity index is 0.722. The number of nitrogens with one attached hydrogen (secondary N) is 4. The van der Waals surface area contributed by atoms with Crippen LogP contribution in [0.15, 0.2) is 72.9 Å². The second kappa shape index (κ2) is 29.9. The van der Waals surface area contributed by atoms with Crippen molar-refractivity contribution in [2.45, 2.75) is 117 Å². The molecule has 3 aromatic carbocycles. The van der Waals surface area contributed by atoms with Crippen molar-refractivity contribution in [1.82, 2.24) is 45.8 Å². The number of aryl methyl sites for hydroxylation is 1. The number of likely N-dealkylation sites (N-methyl/N-ethyl adjacent to an activating group) is 1. The minimum Gasteiger partial charge on any atom is -0.491 e. The molecule has 2 bridgehead atoms. The number of hydrogen-bond donors (Lipinski definition) is 5. The Morgan fingerprint density at radius 3 is 2.31 bits per heavy atom. The molecule has 2 aliphatic heterocycles. The molecule has 0 saturated carbocycles. The van der Waals surface area contributed by atoms with Crippen LogP contribution in [0.25, 0.3) is 11.1 Å². The molecule has 1 aliphatic carbocycles. The first-order chi connectivity index (χ1) is 41.3. The third kappa shape index (κ3) is 16.3. The van der Waals surface area contributed by atoms with Crippen molar-refractivity contribution in [2.75, 3.05) is 85.8 Å². The van der Waals surface area contributed by atoms with E-state index in [2.05, 4.69) is 49.6 Å². The Kier molecular flexibility index (Phi) is 22.2. The van der Waals surface area contributed by atoms with Gasteiger partial charge in [-0.3, -0.25) is 28.7 Å². The highest BCUT2D eigenvalue weighted by molar-refractivity contribution is 5.96. The van der Waals surface area contributed by atoms with Gasteiger partial charge in [0.15, 0.2) is 17.3 Å². The molecule has 0 spiro atoms. The lowest BCUT2D eigenvalue weighted by Crippen LogP contribution is -2.62. The first-order valence-electron chi connectivity index (χ1n) is 29.3. The maximum Gasteiger partial charge on any atom is 0.254 e. The summed E-state index contributed by atoms with van der Waals surface area (Å²) in [6.07, 6.45) is 3.83. The highest BCUT2D eigenvalue weighted by atomic mass is 19.1. The number of aromatic nitrogens is 3. The number of nitrogens with two attached hydrogens (primary N) is 1. The smallest absolute Gasteiger partial charge is 0.254 e. The lowest BCUT2D eigenvalue weighted by atomic mass is 9.83. The summed E-state index contributed by atoms with van der Waals surface area (Å²) < 4.78 is 50.9. The predicted molar refractivity (Wildman–Crippen MR) is 317 cm³/mol. The van der Waals surface area contributed by atoms with Crippen molar-refractivity contribution in [3.05, 3.63) is 124 Å². The van der Waals surface area contributed by atoms with Crippen LogP contribution in [0, 0.1) is 22.6 Å². The molecule has 0 fully saturated rings. The lowest BCUT2D eigenvalue weighted by Gasteiger charge is -2.41. The number of carbonyl (C=O) groups is 5. The van der Waals surface area contributed by atoms with Crippen molar-refractivity contribution in [1.29, 1.82) is 5.26 Å². The van der Waals surface area contributed by atoms with Gasteiger partial charge in [0.25, 0.3) is 5.91 Å². The second-order valence-corrected chi connectivity index (χ2v) is 22.8. The van der Waals surface area contributed by atoms with Crippen LogP contribution in [0.3, 0.4) is 0 Å². The van der Waals surface area contributed by atoms with Gasteiger partial charge in [0.05, 0.1) is 83.7 Å². The molecule has 22 nitrogen and oxygen atoms in total. The molecular weight excluding hydrogens is 1110 g/mol. The van der Waals surface area contributed by atoms with Crippen LogP contribution in [0.1, 0.15) is 116 Å². The first kappa shape index (κ1) is 64.0. The van der Waals surface area contributed by atoms with Crippen LogP contribution < -0.4 is 36.5 Å². The largest absolute Gasteiger partial charge is 0.491 e. The van der Waals surface area contributed by atoms with Crippen LogP contribution in [0.2, 0.25) is 0 Å². The Labute approximate surface area is 501 Å². The van der Waals surface area contributed by atoms with Crippen LogP contribution in [0.5, 0.6) is 11.5 Å². The van der Waals surface area contributed by atoms with Gasteiger partial charge in [-0.15, -0.1) is 0 Å². The van der Waals surface area contributed by atoms with E-state index in [1.54, 1.807) is 43.6 Å². The third-order valence-corrected chi connectivity index (χ3v) is 15.6. The normalized spacial score (nSPS) is 17.2. The number of nitrogen functional groups attached to an aromatic ring is 1. The maximum absolute atomic E-state index is 14.7. The summed E-state index contributed by atoms with van der Waals surface area (Å²) in [7, 11) is 3.29. The Hall–Kier alpha value is -8.01. The third-order valence-electron chi connectivity index (χ3n) is 15.6. The predicted octanol–water partition coefficient (Wildman–Crippen LogP) is 5.50. The highest BCUT2D eigenvalue weighted by Gasteiger charge is 2.43. The van der Waals surface area contributed by atoms with E-state index in [1.165, 1.54) is 34.9 Å². The number of hydrogen-bond acceptors (Lipinski definition) is 16. The maximum atomic E-state index is 14.7. The van der Waals surface area contributed by atoms with E-state index in [0.29, 0.717) is 74.2 Å². The van der Waals surface area contributed by atoms with E-state index < -0.39 is 41.4 Å². The van der Waals surface area contributed by atoms with Crippen molar-refractivity contribution >= 4 is 35.4 Å². The number of pyridine rings is 1. The average Bonchev–Trinajstić information content (AvgIpc) is 1.49. The van der Waals surface area contributed by atoms with Gasteiger partial charge in [-0.1, -0.05) is 51.1 Å². The van der Waals surface area contributed by atoms with Gasteiger partial charge in [0.2, 0.25) is 23.6 Å². The number of fused-ring (bicyclic) bond motifs is 7. The molecular formula is C63H80FN11O11. The Morgan fingerprint density at radius 1 is 0.895 bits per heavy atom. The van der Waals surface area contributed by atoms with Crippen LogP contribution in [-0.4, -0.2) is 152 Å². The molecule has 2 aromatic heterocycles. The molecule has 6 N–H and O–H groups in total. The zero-order valence-corrected chi connectivity index (χ0v) is 50.2. The summed E-state index contributed by atoms with van der Waals surface area (Å²) in [5, 5.41) is 26.8. The Morgan fingerprint density at radius 2 is 1.60 bits per heavy atom. The number of anilines is 1. The standard InChI is InChI=1S/C63H80FN11O11/c1-39(67-6)59(77)71-57(63(3,4)5)62(80)74-37-44-31-46(17-15-42(44)32-52(74)60(78)70-50-14-10-12-41-11-8-9-13-47(41)50)85-30-29-84-28-27-83-26-25-82-24-23-81-22-19-55(76)68-20-21-75-53-38-73(7)61(79)48-18-16-45(64)34-49(48)40(2)86-54-33-43(36-69-58(54)66)56(53)51(35-65)72-75/h8-9,11,13,15-18,31,33-34,36,39-40,50,52,57,67H,10,12,14,19-30,32,37-38H2,1-7H3,(H2,66,69)(H,68,76)(H,70,78)(H,71,77)/t39-,40-,50+,52-,57+/m1/s1. The summed E-state index contributed by atoms with van der Waals surface area (Å²) in [6.45, 7) is 12.3. The molecule has 4 heterocycles. The van der Waals surface area contributed by atoms with Crippen molar-refractivity contribution < 1.29 is 56.8 Å². The van der Waals surface area contributed by atoms with Gasteiger partial charge < -0.3 is 65.2 Å². The van der Waals surface area contributed by atoms with Gasteiger partial charge >= 0.3 is 0 Å². The fourth-order valence-electron chi connectivity index (χ4n) is 10.8. The molecule has 8 rings (SSSR count).